The Kier molecular flexibility index (Phi) is 7.68. The molecular weight excluding hydrogens is 585 g/mol. The number of aryl methyl sites for hydroxylation is 1. The molecule has 1 aromatic heterocycles. The molecule has 1 saturated carbocycles. The lowest BCUT2D eigenvalue weighted by molar-refractivity contribution is 0.0340. The topological polar surface area (TPSA) is 74.9 Å². The van der Waals surface area contributed by atoms with E-state index in [9.17, 15) is 4.79 Å². The molecule has 2 unspecified atom stereocenters. The van der Waals surface area contributed by atoms with E-state index in [0.29, 0.717) is 50.3 Å². The van der Waals surface area contributed by atoms with E-state index in [1.54, 1.807) is 29.9 Å². The lowest BCUT2D eigenvalue weighted by Gasteiger charge is -2.20. The van der Waals surface area contributed by atoms with Crippen LogP contribution in [0.3, 0.4) is 0 Å². The summed E-state index contributed by atoms with van der Waals surface area (Å²) in [6.45, 7) is 0.353. The van der Waals surface area contributed by atoms with Gasteiger partial charge in [0.1, 0.15) is 24.2 Å². The van der Waals surface area contributed by atoms with E-state index in [4.69, 9.17) is 49.1 Å². The Hall–Kier alpha value is -3.52. The number of hydrogen-bond donors (Lipinski definition) is 0. The third-order valence-corrected chi connectivity index (χ3v) is 8.39. The number of fused-ring (bicyclic) bond motifs is 1. The fourth-order valence-corrected chi connectivity index (χ4v) is 5.96. The van der Waals surface area contributed by atoms with Crippen molar-refractivity contribution in [3.63, 3.8) is 0 Å². The van der Waals surface area contributed by atoms with Crippen molar-refractivity contribution >= 4 is 69.5 Å². The third-order valence-electron chi connectivity index (χ3n) is 7.44. The van der Waals surface area contributed by atoms with Crippen LogP contribution >= 0.6 is 34.8 Å². The van der Waals surface area contributed by atoms with E-state index in [1.807, 2.05) is 48.6 Å². The Balaban J connectivity index is 1.17. The average molecular weight is 611 g/mol. The summed E-state index contributed by atoms with van der Waals surface area (Å²) in [6, 6.07) is 16.8. The summed E-state index contributed by atoms with van der Waals surface area (Å²) in [7, 11) is 3.14. The SMILES string of the molecule is COC(=O)c1nn(C)c2cc(/C=C/c3ccc(OCC4C(c5c(Cl)cccc5Cl)=NOC4C4CC4)cc3Cl)ccc12. The predicted octanol–water partition coefficient (Wildman–Crippen LogP) is 7.70. The van der Waals surface area contributed by atoms with E-state index in [2.05, 4.69) is 10.3 Å². The summed E-state index contributed by atoms with van der Waals surface area (Å²) in [5.74, 6) is 0.511. The highest BCUT2D eigenvalue weighted by Crippen LogP contribution is 2.43. The number of esters is 1. The molecule has 10 heteroatoms. The van der Waals surface area contributed by atoms with Gasteiger partial charge in [-0.2, -0.15) is 5.10 Å². The van der Waals surface area contributed by atoms with E-state index in [0.717, 1.165) is 34.9 Å². The molecule has 0 amide bonds. The molecule has 7 nitrogen and oxygen atoms in total. The van der Waals surface area contributed by atoms with Gasteiger partial charge in [0.15, 0.2) is 5.69 Å². The van der Waals surface area contributed by atoms with E-state index < -0.39 is 5.97 Å². The first kappa shape index (κ1) is 27.6. The van der Waals surface area contributed by atoms with Crippen molar-refractivity contribution in [1.82, 2.24) is 9.78 Å². The molecule has 0 spiro atoms. The minimum Gasteiger partial charge on any atom is -0.493 e. The van der Waals surface area contributed by atoms with Gasteiger partial charge in [0.05, 0.1) is 33.6 Å². The van der Waals surface area contributed by atoms with Crippen molar-refractivity contribution in [2.24, 2.45) is 24.0 Å². The fourth-order valence-electron chi connectivity index (χ4n) is 5.13. The molecule has 2 atom stereocenters. The summed E-state index contributed by atoms with van der Waals surface area (Å²) in [6.07, 6.45) is 6.02. The van der Waals surface area contributed by atoms with Crippen LogP contribution in [0, 0.1) is 11.8 Å². The molecule has 41 heavy (non-hydrogen) atoms. The van der Waals surface area contributed by atoms with Crippen molar-refractivity contribution in [2.45, 2.75) is 18.9 Å². The predicted molar refractivity (Wildman–Crippen MR) is 162 cm³/mol. The van der Waals surface area contributed by atoms with Gasteiger partial charge in [0.25, 0.3) is 0 Å². The highest BCUT2D eigenvalue weighted by molar-refractivity contribution is 6.40. The molecule has 1 aliphatic heterocycles. The zero-order chi connectivity index (χ0) is 28.7. The molecule has 3 aromatic carbocycles. The van der Waals surface area contributed by atoms with Gasteiger partial charge in [-0.15, -0.1) is 0 Å². The number of benzene rings is 3. The first-order chi connectivity index (χ1) is 19.8. The second kappa shape index (κ2) is 11.4. The second-order valence-corrected chi connectivity index (χ2v) is 11.4. The maximum atomic E-state index is 12.0. The molecule has 2 aliphatic rings. The Morgan fingerprint density at radius 3 is 2.54 bits per heavy atom. The molecule has 0 N–H and O–H groups in total. The number of nitrogens with zero attached hydrogens (tertiary/aromatic N) is 3. The smallest absolute Gasteiger partial charge is 0.359 e. The maximum absolute atomic E-state index is 12.0. The van der Waals surface area contributed by atoms with Gasteiger partial charge in [0.2, 0.25) is 0 Å². The van der Waals surface area contributed by atoms with Crippen molar-refractivity contribution in [2.75, 3.05) is 13.7 Å². The number of ether oxygens (including phenoxy) is 2. The minimum atomic E-state index is -0.465. The van der Waals surface area contributed by atoms with Crippen LogP contribution in [0.5, 0.6) is 5.75 Å². The Labute approximate surface area is 252 Å². The van der Waals surface area contributed by atoms with E-state index in [-0.39, 0.29) is 12.0 Å². The standard InChI is InChI=1S/C31H26Cl3N3O4/c1-37-26-14-17(7-13-21(26)29(35-37)31(38)39-2)6-8-18-11-12-20(15-25(18)34)40-16-22-28(36-41-30(22)19-9-10-19)27-23(32)4-3-5-24(27)33/h3-8,11-15,19,22,30H,9-10,16H2,1-2H3/b8-6+. The van der Waals surface area contributed by atoms with Crippen molar-refractivity contribution in [1.29, 1.82) is 0 Å². The summed E-state index contributed by atoms with van der Waals surface area (Å²) in [5.41, 5.74) is 4.29. The lowest BCUT2D eigenvalue weighted by Crippen LogP contribution is -2.31. The minimum absolute atomic E-state index is 0.0736. The normalized spacial score (nSPS) is 18.5. The van der Waals surface area contributed by atoms with Gasteiger partial charge in [-0.05, 0) is 72.4 Å². The number of methoxy groups -OCH3 is 1. The van der Waals surface area contributed by atoms with Crippen LogP contribution in [-0.4, -0.2) is 41.3 Å². The van der Waals surface area contributed by atoms with Crippen LogP contribution < -0.4 is 4.74 Å². The molecule has 0 radical (unpaired) electrons. The fraction of sp³-hybridized carbons (Fsp3) is 0.258. The Bertz CT molecular complexity index is 1690. The second-order valence-electron chi connectivity index (χ2n) is 10.2. The zero-order valence-corrected chi connectivity index (χ0v) is 24.6. The third kappa shape index (κ3) is 5.54. The van der Waals surface area contributed by atoms with Crippen LogP contribution in [0.2, 0.25) is 15.1 Å². The molecule has 1 fully saturated rings. The number of hydrogen-bond acceptors (Lipinski definition) is 6. The maximum Gasteiger partial charge on any atom is 0.359 e. The van der Waals surface area contributed by atoms with Gasteiger partial charge in [-0.25, -0.2) is 4.79 Å². The van der Waals surface area contributed by atoms with E-state index in [1.165, 1.54) is 7.11 Å². The van der Waals surface area contributed by atoms with Gasteiger partial charge >= 0.3 is 5.97 Å². The van der Waals surface area contributed by atoms with Crippen LogP contribution in [0.4, 0.5) is 0 Å². The van der Waals surface area contributed by atoms with Crippen LogP contribution in [-0.2, 0) is 16.6 Å². The van der Waals surface area contributed by atoms with E-state index >= 15 is 0 Å². The molecule has 210 valence electrons. The highest BCUT2D eigenvalue weighted by Gasteiger charge is 2.46. The monoisotopic (exact) mass is 609 g/mol. The lowest BCUT2D eigenvalue weighted by atomic mass is 9.90. The summed E-state index contributed by atoms with van der Waals surface area (Å²) >= 11 is 19.6. The number of carbonyl (C=O) groups is 1. The number of rotatable bonds is 8. The summed E-state index contributed by atoms with van der Waals surface area (Å²) in [5, 5.41) is 11.0. The average Bonchev–Trinajstić information content (AvgIpc) is 3.65. The number of aromatic nitrogens is 2. The number of oxime groups is 1. The summed E-state index contributed by atoms with van der Waals surface area (Å²) < 4.78 is 12.7. The van der Waals surface area contributed by atoms with Gasteiger partial charge < -0.3 is 14.3 Å². The molecular formula is C31H26Cl3N3O4. The Morgan fingerprint density at radius 1 is 1.05 bits per heavy atom. The Morgan fingerprint density at radius 2 is 1.83 bits per heavy atom. The van der Waals surface area contributed by atoms with Crippen LogP contribution in [0.15, 0.2) is 59.8 Å². The largest absolute Gasteiger partial charge is 0.493 e. The molecule has 4 aromatic rings. The quantitative estimate of drug-likeness (QED) is 0.151. The molecule has 0 saturated heterocycles. The summed E-state index contributed by atoms with van der Waals surface area (Å²) in [4.78, 5) is 17.9. The van der Waals surface area contributed by atoms with Gasteiger partial charge in [0, 0.05) is 18.0 Å². The zero-order valence-electron chi connectivity index (χ0n) is 22.3. The van der Waals surface area contributed by atoms with Gasteiger partial charge in [-0.1, -0.05) is 64.2 Å². The van der Waals surface area contributed by atoms with Crippen LogP contribution in [0.1, 0.15) is 40.0 Å². The number of carbonyl (C=O) groups excluding carboxylic acids is 1. The van der Waals surface area contributed by atoms with Gasteiger partial charge in [-0.3, -0.25) is 4.68 Å². The van der Waals surface area contributed by atoms with Crippen molar-refractivity contribution in [3.05, 3.63) is 92.0 Å². The van der Waals surface area contributed by atoms with Crippen molar-refractivity contribution in [3.8, 4) is 5.75 Å². The van der Waals surface area contributed by atoms with Crippen LogP contribution in [0.25, 0.3) is 23.1 Å². The first-order valence-electron chi connectivity index (χ1n) is 13.2. The molecule has 0 bridgehead atoms. The molecule has 6 rings (SSSR count). The molecule has 1 aliphatic carbocycles. The first-order valence-corrected chi connectivity index (χ1v) is 14.3. The molecule has 2 heterocycles. The number of halogens is 3. The van der Waals surface area contributed by atoms with Crippen molar-refractivity contribution < 1.29 is 19.1 Å². The highest BCUT2D eigenvalue weighted by atomic mass is 35.5.